The molecule has 5 rings (SSSR count). The van der Waals surface area contributed by atoms with Gasteiger partial charge in [0, 0.05) is 23.5 Å². The van der Waals surface area contributed by atoms with E-state index in [2.05, 4.69) is 16.0 Å². The molecule has 1 saturated heterocycles. The Hall–Kier alpha value is -4.91. The van der Waals surface area contributed by atoms with Gasteiger partial charge >= 0.3 is 12.1 Å². The molecule has 2 heterocycles. The molecule has 3 N–H and O–H groups in total. The third-order valence-electron chi connectivity index (χ3n) is 7.38. The normalized spacial score (nSPS) is 16.9. The molecule has 12 nitrogen and oxygen atoms in total. The van der Waals surface area contributed by atoms with Gasteiger partial charge in [0.05, 0.1) is 17.5 Å². The standard InChI is InChI=1S/C32H35N5O7S/c1-20(33-31(41)44-32(2,3)4)28(38)34-24-12-10-22(11-13-24)29(39)36-17-16-23-18-25(14-15-27(23)36)45(42,43)37-19-26(35-30(37)40)21-8-6-5-7-9-21/h5-15,18,20,26H,16-17,19H2,1-4H3,(H,33,41)(H,34,38)(H,35,40)/t20-,26?/m0/s1. The van der Waals surface area contributed by atoms with E-state index in [0.717, 1.165) is 9.87 Å². The number of rotatable bonds is 7. The molecule has 0 aromatic heterocycles. The average molecular weight is 634 g/mol. The molecule has 2 aliphatic rings. The van der Waals surface area contributed by atoms with E-state index in [9.17, 15) is 27.6 Å². The Morgan fingerprint density at radius 2 is 1.69 bits per heavy atom. The second kappa shape index (κ2) is 12.2. The topological polar surface area (TPSA) is 154 Å². The Bertz CT molecular complexity index is 1740. The maximum Gasteiger partial charge on any atom is 0.408 e. The van der Waals surface area contributed by atoms with Crippen LogP contribution >= 0.6 is 0 Å². The minimum absolute atomic E-state index is 0.0186. The van der Waals surface area contributed by atoms with Gasteiger partial charge in [-0.2, -0.15) is 0 Å². The van der Waals surface area contributed by atoms with Crippen molar-refractivity contribution in [3.8, 4) is 0 Å². The van der Waals surface area contributed by atoms with E-state index in [-0.39, 0.29) is 17.3 Å². The zero-order valence-electron chi connectivity index (χ0n) is 25.4. The molecule has 5 amide bonds. The summed E-state index contributed by atoms with van der Waals surface area (Å²) in [6.07, 6.45) is -0.264. The van der Waals surface area contributed by atoms with Gasteiger partial charge in [0.1, 0.15) is 11.6 Å². The number of nitrogens with one attached hydrogen (secondary N) is 3. The number of carbonyl (C=O) groups excluding carboxylic acids is 4. The first-order valence-corrected chi connectivity index (χ1v) is 15.9. The Morgan fingerprint density at radius 3 is 2.36 bits per heavy atom. The number of hydrogen-bond acceptors (Lipinski definition) is 7. The number of fused-ring (bicyclic) bond motifs is 1. The monoisotopic (exact) mass is 633 g/mol. The van der Waals surface area contributed by atoms with Crippen molar-refractivity contribution in [1.29, 1.82) is 0 Å². The SMILES string of the molecule is C[C@H](NC(=O)OC(C)(C)C)C(=O)Nc1ccc(C(=O)N2CCc3cc(S(=O)(=O)N4CC(c5ccccc5)NC4=O)ccc32)cc1. The predicted molar refractivity (Wildman–Crippen MR) is 167 cm³/mol. The molecule has 0 aliphatic carbocycles. The summed E-state index contributed by atoms with van der Waals surface area (Å²) in [5, 5.41) is 7.91. The van der Waals surface area contributed by atoms with Crippen LogP contribution in [0.2, 0.25) is 0 Å². The number of amides is 5. The van der Waals surface area contributed by atoms with Gasteiger partial charge < -0.3 is 25.6 Å². The van der Waals surface area contributed by atoms with Gasteiger partial charge in [-0.05, 0) is 87.7 Å². The molecule has 45 heavy (non-hydrogen) atoms. The van der Waals surface area contributed by atoms with Gasteiger partial charge in [0.25, 0.3) is 15.9 Å². The van der Waals surface area contributed by atoms with Crippen LogP contribution in [0, 0.1) is 0 Å². The zero-order valence-corrected chi connectivity index (χ0v) is 26.2. The Balaban J connectivity index is 1.23. The Morgan fingerprint density at radius 1 is 1.00 bits per heavy atom. The maximum absolute atomic E-state index is 13.4. The number of hydrogen-bond donors (Lipinski definition) is 3. The summed E-state index contributed by atoms with van der Waals surface area (Å²) < 4.78 is 32.9. The Kier molecular flexibility index (Phi) is 8.57. The summed E-state index contributed by atoms with van der Waals surface area (Å²) >= 11 is 0. The van der Waals surface area contributed by atoms with Crippen LogP contribution in [0.4, 0.5) is 21.0 Å². The summed E-state index contributed by atoms with van der Waals surface area (Å²) in [5.74, 6) is -0.743. The van der Waals surface area contributed by atoms with Crippen molar-refractivity contribution in [2.45, 2.75) is 56.7 Å². The van der Waals surface area contributed by atoms with Crippen molar-refractivity contribution in [1.82, 2.24) is 14.9 Å². The number of carbonyl (C=O) groups is 4. The molecule has 0 spiro atoms. The van der Waals surface area contributed by atoms with E-state index >= 15 is 0 Å². The summed E-state index contributed by atoms with van der Waals surface area (Å²) in [7, 11) is -4.12. The first-order chi connectivity index (χ1) is 21.2. The summed E-state index contributed by atoms with van der Waals surface area (Å²) in [4.78, 5) is 52.1. The Labute approximate surface area is 261 Å². The summed E-state index contributed by atoms with van der Waals surface area (Å²) in [6.45, 7) is 7.02. The van der Waals surface area contributed by atoms with E-state index in [1.54, 1.807) is 56.0 Å². The molecule has 3 aromatic carbocycles. The number of nitrogens with zero attached hydrogens (tertiary/aromatic N) is 2. The van der Waals surface area contributed by atoms with Crippen LogP contribution in [0.5, 0.6) is 0 Å². The number of ether oxygens (including phenoxy) is 1. The van der Waals surface area contributed by atoms with E-state index < -0.39 is 45.7 Å². The van der Waals surface area contributed by atoms with Gasteiger partial charge in [-0.25, -0.2) is 22.3 Å². The van der Waals surface area contributed by atoms with Crippen LogP contribution in [0.1, 0.15) is 55.2 Å². The van der Waals surface area contributed by atoms with Crippen LogP contribution in [0.3, 0.4) is 0 Å². The number of urea groups is 1. The second-order valence-corrected chi connectivity index (χ2v) is 13.7. The molecular weight excluding hydrogens is 598 g/mol. The lowest BCUT2D eigenvalue weighted by Crippen LogP contribution is -2.43. The summed E-state index contributed by atoms with van der Waals surface area (Å²) in [5.41, 5.74) is 2.19. The van der Waals surface area contributed by atoms with Crippen molar-refractivity contribution in [2.75, 3.05) is 23.3 Å². The van der Waals surface area contributed by atoms with Gasteiger partial charge in [-0.3, -0.25) is 9.59 Å². The average Bonchev–Trinajstić information content (AvgIpc) is 3.60. The molecule has 1 unspecified atom stereocenters. The lowest BCUT2D eigenvalue weighted by Gasteiger charge is -2.21. The van der Waals surface area contributed by atoms with Gasteiger partial charge in [0.2, 0.25) is 5.91 Å². The second-order valence-electron chi connectivity index (χ2n) is 11.9. The molecule has 0 saturated carbocycles. The smallest absolute Gasteiger partial charge is 0.408 e. The highest BCUT2D eigenvalue weighted by Crippen LogP contribution is 2.34. The van der Waals surface area contributed by atoms with E-state index in [4.69, 9.17) is 4.74 Å². The predicted octanol–water partition coefficient (Wildman–Crippen LogP) is 4.20. The minimum Gasteiger partial charge on any atom is -0.444 e. The summed E-state index contributed by atoms with van der Waals surface area (Å²) in [6, 6.07) is 18.0. The highest BCUT2D eigenvalue weighted by Gasteiger charge is 2.39. The van der Waals surface area contributed by atoms with Gasteiger partial charge in [0.15, 0.2) is 0 Å². The molecule has 1 fully saturated rings. The fourth-order valence-electron chi connectivity index (χ4n) is 5.13. The minimum atomic E-state index is -4.12. The van der Waals surface area contributed by atoms with Crippen molar-refractivity contribution in [3.05, 3.63) is 89.5 Å². The largest absolute Gasteiger partial charge is 0.444 e. The van der Waals surface area contributed by atoms with Gasteiger partial charge in [-0.15, -0.1) is 0 Å². The van der Waals surface area contributed by atoms with Crippen LogP contribution < -0.4 is 20.9 Å². The van der Waals surface area contributed by atoms with Crippen LogP contribution in [0.25, 0.3) is 0 Å². The molecule has 0 radical (unpaired) electrons. The number of sulfonamides is 1. The third-order valence-corrected chi connectivity index (χ3v) is 9.12. The first kappa shape index (κ1) is 31.5. The first-order valence-electron chi connectivity index (χ1n) is 14.5. The molecule has 2 atom stereocenters. The fourth-order valence-corrected chi connectivity index (χ4v) is 6.53. The van der Waals surface area contributed by atoms with Crippen molar-refractivity contribution >= 4 is 45.3 Å². The van der Waals surface area contributed by atoms with Crippen LogP contribution in [-0.4, -0.2) is 61.4 Å². The van der Waals surface area contributed by atoms with Gasteiger partial charge in [-0.1, -0.05) is 30.3 Å². The molecule has 0 bridgehead atoms. The van der Waals surface area contributed by atoms with Crippen molar-refractivity contribution in [3.63, 3.8) is 0 Å². The van der Waals surface area contributed by atoms with Crippen molar-refractivity contribution in [2.24, 2.45) is 0 Å². The molecule has 2 aliphatic heterocycles. The molecule has 3 aromatic rings. The zero-order chi connectivity index (χ0) is 32.5. The molecule has 236 valence electrons. The fraction of sp³-hybridized carbons (Fsp3) is 0.312. The highest BCUT2D eigenvalue weighted by atomic mass is 32.2. The maximum atomic E-state index is 13.4. The van der Waals surface area contributed by atoms with Crippen LogP contribution in [-0.2, 0) is 26.0 Å². The number of anilines is 2. The van der Waals surface area contributed by atoms with Crippen molar-refractivity contribution < 1.29 is 32.3 Å². The van der Waals surface area contributed by atoms with E-state index in [1.807, 2.05) is 30.3 Å². The quantitative estimate of drug-likeness (QED) is 0.352. The highest BCUT2D eigenvalue weighted by molar-refractivity contribution is 7.89. The third kappa shape index (κ3) is 6.93. The lowest BCUT2D eigenvalue weighted by molar-refractivity contribution is -0.117. The number of alkyl carbamates (subject to hydrolysis) is 1. The number of benzene rings is 3. The lowest BCUT2D eigenvalue weighted by atomic mass is 10.1. The van der Waals surface area contributed by atoms with E-state index in [1.165, 1.54) is 19.1 Å². The molecular formula is C32H35N5O7S. The van der Waals surface area contributed by atoms with E-state index in [0.29, 0.717) is 35.5 Å². The van der Waals surface area contributed by atoms with Crippen LogP contribution in [0.15, 0.2) is 77.7 Å². The molecule has 13 heteroatoms.